The molecule has 2 aliphatic rings. The molecule has 1 aromatic rings. The van der Waals surface area contributed by atoms with Crippen molar-refractivity contribution < 1.29 is 33.9 Å². The fourth-order valence-electron chi connectivity index (χ4n) is 3.24. The average Bonchev–Trinajstić information content (AvgIpc) is 3.22. The van der Waals surface area contributed by atoms with E-state index in [9.17, 15) is 24.3 Å². The van der Waals surface area contributed by atoms with E-state index in [4.69, 9.17) is 15.3 Å². The van der Waals surface area contributed by atoms with Gasteiger partial charge in [0.05, 0.1) is 0 Å². The number of carbonyl (C=O) groups excluding carboxylic acids is 3. The first-order valence-corrected chi connectivity index (χ1v) is 12.5. The second-order valence-corrected chi connectivity index (χ2v) is 10.5. The maximum Gasteiger partial charge on any atom is 0.352 e. The van der Waals surface area contributed by atoms with Crippen molar-refractivity contribution in [1.82, 2.24) is 15.2 Å². The van der Waals surface area contributed by atoms with Crippen LogP contribution in [-0.4, -0.2) is 73.8 Å². The normalized spacial score (nSPS) is 20.0. The number of oxime groups is 1. The van der Waals surface area contributed by atoms with Crippen LogP contribution < -0.4 is 11.1 Å². The van der Waals surface area contributed by atoms with E-state index in [2.05, 4.69) is 22.0 Å². The van der Waals surface area contributed by atoms with Gasteiger partial charge in [0.15, 0.2) is 10.8 Å². The molecule has 2 aliphatic heterocycles. The van der Waals surface area contributed by atoms with Gasteiger partial charge in [-0.3, -0.25) is 14.5 Å². The number of carboxylic acids is 1. The van der Waals surface area contributed by atoms with Gasteiger partial charge in [-0.25, -0.2) is 14.6 Å². The maximum absolute atomic E-state index is 13.0. The Morgan fingerprint density at radius 2 is 2.14 bits per heavy atom. The van der Waals surface area contributed by atoms with Crippen LogP contribution in [0.5, 0.6) is 0 Å². The van der Waals surface area contributed by atoms with Crippen molar-refractivity contribution in [3.05, 3.63) is 47.2 Å². The predicted octanol–water partition coefficient (Wildman–Crippen LogP) is 1.27. The molecule has 36 heavy (non-hydrogen) atoms. The quantitative estimate of drug-likeness (QED) is 0.104. The van der Waals surface area contributed by atoms with Crippen LogP contribution in [0.1, 0.15) is 26.5 Å². The van der Waals surface area contributed by atoms with Gasteiger partial charge in [0.2, 0.25) is 0 Å². The lowest BCUT2D eigenvalue weighted by atomic mass is 10.0. The Kier molecular flexibility index (Phi) is 8.20. The Morgan fingerprint density at radius 1 is 1.42 bits per heavy atom. The Balaban J connectivity index is 1.70. The minimum atomic E-state index is -1.25. The number of allylic oxidation sites excluding steroid dienone is 1. The van der Waals surface area contributed by atoms with Gasteiger partial charge in [-0.05, 0) is 32.4 Å². The minimum Gasteiger partial charge on any atom is -0.477 e. The number of nitrogen functional groups attached to an aromatic ring is 1. The zero-order chi connectivity index (χ0) is 26.6. The maximum atomic E-state index is 13.0. The van der Waals surface area contributed by atoms with Gasteiger partial charge in [0, 0.05) is 17.2 Å². The molecule has 1 unspecified atom stereocenters. The van der Waals surface area contributed by atoms with Gasteiger partial charge >= 0.3 is 11.9 Å². The number of thioether (sulfide) groups is 1. The number of rotatable bonds is 9. The van der Waals surface area contributed by atoms with Crippen molar-refractivity contribution in [3.63, 3.8) is 0 Å². The number of β-lactam (4-membered cyclic amide) rings is 1. The Bertz CT molecular complexity index is 1180. The lowest BCUT2D eigenvalue weighted by molar-refractivity contribution is -0.150. The van der Waals surface area contributed by atoms with Crippen LogP contribution >= 0.6 is 23.1 Å². The molecular weight excluding hydrogens is 510 g/mol. The molecule has 2 amide bonds. The summed E-state index contributed by atoms with van der Waals surface area (Å²) in [5, 5.41) is 17.0. The molecule has 0 bridgehead atoms. The molecule has 0 spiro atoms. The molecule has 0 saturated carbocycles. The lowest BCUT2D eigenvalue weighted by Crippen LogP contribution is -2.71. The molecule has 1 saturated heterocycles. The third kappa shape index (κ3) is 6.12. The van der Waals surface area contributed by atoms with E-state index in [-0.39, 0.29) is 28.8 Å². The largest absolute Gasteiger partial charge is 0.477 e. The van der Waals surface area contributed by atoms with Gasteiger partial charge in [-0.2, -0.15) is 0 Å². The van der Waals surface area contributed by atoms with Crippen molar-refractivity contribution in [2.45, 2.75) is 37.8 Å². The van der Waals surface area contributed by atoms with Crippen molar-refractivity contribution in [3.8, 4) is 0 Å². The van der Waals surface area contributed by atoms with E-state index < -0.39 is 40.8 Å². The van der Waals surface area contributed by atoms with Crippen LogP contribution in [0.25, 0.3) is 0 Å². The number of hydrogen-bond donors (Lipinski definition) is 3. The molecule has 0 aliphatic carbocycles. The summed E-state index contributed by atoms with van der Waals surface area (Å²) >= 11 is 2.39. The Labute approximate surface area is 214 Å². The van der Waals surface area contributed by atoms with Gasteiger partial charge in [0.25, 0.3) is 11.8 Å². The molecule has 14 heteroatoms. The van der Waals surface area contributed by atoms with Crippen LogP contribution in [-0.2, 0) is 28.8 Å². The summed E-state index contributed by atoms with van der Waals surface area (Å²) in [5.41, 5.74) is 5.21. The molecule has 1 aromatic heterocycles. The van der Waals surface area contributed by atoms with Crippen LogP contribution in [0.4, 0.5) is 5.13 Å². The number of anilines is 1. The van der Waals surface area contributed by atoms with E-state index in [0.717, 1.165) is 16.2 Å². The predicted molar refractivity (Wildman–Crippen MR) is 134 cm³/mol. The van der Waals surface area contributed by atoms with Gasteiger partial charge in [-0.1, -0.05) is 17.8 Å². The second-order valence-electron chi connectivity index (χ2n) is 8.49. The highest BCUT2D eigenvalue weighted by molar-refractivity contribution is 8.00. The first-order valence-electron chi connectivity index (χ1n) is 10.6. The van der Waals surface area contributed by atoms with E-state index >= 15 is 0 Å². The number of thiazole rings is 1. The number of nitrogens with two attached hydrogens (primary N) is 1. The second kappa shape index (κ2) is 11.0. The first-order chi connectivity index (χ1) is 16.9. The number of carboxylic acid groups (broad SMARTS) is 1. The molecular formula is C22H25N5O7S2. The van der Waals surface area contributed by atoms with Gasteiger partial charge < -0.3 is 25.7 Å². The summed E-state index contributed by atoms with van der Waals surface area (Å²) in [6.45, 7) is 8.65. The number of esters is 1. The highest BCUT2D eigenvalue weighted by Gasteiger charge is 2.54. The summed E-state index contributed by atoms with van der Waals surface area (Å²) in [6, 6.07) is -0.975. The molecule has 0 aromatic carbocycles. The van der Waals surface area contributed by atoms with Gasteiger partial charge in [-0.15, -0.1) is 23.1 Å². The molecule has 2 atom stereocenters. The zero-order valence-corrected chi connectivity index (χ0v) is 21.4. The number of carbonyl (C=O) groups is 4. The number of nitrogens with zero attached hydrogens (tertiary/aromatic N) is 3. The molecule has 12 nitrogen and oxygen atoms in total. The van der Waals surface area contributed by atoms with Crippen molar-refractivity contribution in [2.24, 2.45) is 5.16 Å². The van der Waals surface area contributed by atoms with E-state index in [1.807, 2.05) is 0 Å². The molecule has 3 heterocycles. The standard InChI is InChI=1S/C22H25N5O7S2/c1-5-11-9-35-19-15(18(30)27(19)16(11)20(31)32)25-17(29)14(12-10-36-21(23)24-12)26-33-8-6-7-13(28)34-22(2,3)4/h5-7,10,15,19H,1,8-9H2,2-4H3,(H2,23,24)(H,25,29)(H,31,32)/b7-6+,26-14?/t15?,19-/m0/s1. The third-order valence-corrected chi connectivity index (χ3v) is 6.68. The van der Waals surface area contributed by atoms with E-state index in [1.165, 1.54) is 35.4 Å². The highest BCUT2D eigenvalue weighted by atomic mass is 32.2. The van der Waals surface area contributed by atoms with Crippen LogP contribution in [0.2, 0.25) is 0 Å². The zero-order valence-electron chi connectivity index (χ0n) is 19.7. The number of ether oxygens (including phenoxy) is 1. The monoisotopic (exact) mass is 535 g/mol. The van der Waals surface area contributed by atoms with Gasteiger partial charge in [0.1, 0.15) is 35.0 Å². The van der Waals surface area contributed by atoms with Crippen LogP contribution in [0.15, 0.2) is 46.6 Å². The summed E-state index contributed by atoms with van der Waals surface area (Å²) in [4.78, 5) is 59.5. The molecule has 3 rings (SSSR count). The fraction of sp³-hybridized carbons (Fsp3) is 0.364. The van der Waals surface area contributed by atoms with Crippen molar-refractivity contribution in [1.29, 1.82) is 0 Å². The minimum absolute atomic E-state index is 0.131. The first kappa shape index (κ1) is 26.9. The number of aliphatic carboxylic acids is 1. The summed E-state index contributed by atoms with van der Waals surface area (Å²) < 4.78 is 5.14. The lowest BCUT2D eigenvalue weighted by Gasteiger charge is -2.49. The summed E-state index contributed by atoms with van der Waals surface area (Å²) in [5.74, 6) is -2.82. The summed E-state index contributed by atoms with van der Waals surface area (Å²) in [7, 11) is 0. The van der Waals surface area contributed by atoms with Crippen LogP contribution in [0.3, 0.4) is 0 Å². The van der Waals surface area contributed by atoms with Crippen molar-refractivity contribution >= 4 is 57.7 Å². The number of hydrogen-bond acceptors (Lipinski definition) is 11. The topological polar surface area (TPSA) is 174 Å². The number of fused-ring (bicyclic) bond motifs is 1. The number of aromatic nitrogens is 1. The smallest absolute Gasteiger partial charge is 0.352 e. The number of nitrogens with one attached hydrogen (secondary N) is 1. The average molecular weight is 536 g/mol. The Hall–Kier alpha value is -3.65. The Morgan fingerprint density at radius 3 is 2.72 bits per heavy atom. The van der Waals surface area contributed by atoms with Crippen LogP contribution in [0, 0.1) is 0 Å². The third-order valence-electron chi connectivity index (χ3n) is 4.70. The highest BCUT2D eigenvalue weighted by Crippen LogP contribution is 2.40. The number of amides is 2. The van der Waals surface area contributed by atoms with Crippen molar-refractivity contribution in [2.75, 3.05) is 18.1 Å². The van der Waals surface area contributed by atoms with E-state index in [1.54, 1.807) is 20.8 Å². The molecule has 0 radical (unpaired) electrons. The van der Waals surface area contributed by atoms with E-state index in [0.29, 0.717) is 11.3 Å². The summed E-state index contributed by atoms with van der Waals surface area (Å²) in [6.07, 6.45) is 3.94. The molecule has 1 fully saturated rings. The molecule has 4 N–H and O–H groups in total. The SMILES string of the molecule is C=CC1=C(C(=O)O)N2C(=O)C(NC(=O)C(=NOC/C=C/C(=O)OC(C)(C)C)c3csc(N)n3)[C@@H]2SC1. The fourth-order valence-corrected chi connectivity index (χ4v) is 5.12. The molecule has 192 valence electrons.